The van der Waals surface area contributed by atoms with Gasteiger partial charge in [0.2, 0.25) is 0 Å². The van der Waals surface area contributed by atoms with Crippen LogP contribution < -0.4 is 14.8 Å². The number of nitrogens with one attached hydrogen (secondary N) is 1. The monoisotopic (exact) mass is 366 g/mol. The van der Waals surface area contributed by atoms with E-state index in [1.54, 1.807) is 31.4 Å². The Labute approximate surface area is 136 Å². The van der Waals surface area contributed by atoms with Gasteiger partial charge in [-0.25, -0.2) is 0 Å². The van der Waals surface area contributed by atoms with Crippen molar-refractivity contribution in [3.05, 3.63) is 45.4 Å². The maximum Gasteiger partial charge on any atom is 0.146 e. The first-order valence-corrected chi connectivity index (χ1v) is 7.14. The summed E-state index contributed by atoms with van der Waals surface area (Å²) in [6.07, 6.45) is 0. The van der Waals surface area contributed by atoms with Crippen LogP contribution >= 0.6 is 27.5 Å². The molecule has 2 rings (SSSR count). The normalized spacial score (nSPS) is 9.86. The van der Waals surface area contributed by atoms with Gasteiger partial charge in [0.15, 0.2) is 0 Å². The standard InChI is InChI=1S/C15H12BrClN2O2/c1-20-14-7-15(21-2)13(6-11(14)17)19-12-4-3-10(16)5-9(12)8-18/h3-7,19H,1-2H3. The van der Waals surface area contributed by atoms with E-state index in [0.717, 1.165) is 4.47 Å². The zero-order valence-electron chi connectivity index (χ0n) is 11.4. The number of methoxy groups -OCH3 is 2. The summed E-state index contributed by atoms with van der Waals surface area (Å²) >= 11 is 9.47. The summed E-state index contributed by atoms with van der Waals surface area (Å²) in [6, 6.07) is 10.9. The lowest BCUT2D eigenvalue weighted by Gasteiger charge is -2.14. The molecular weight excluding hydrogens is 356 g/mol. The van der Waals surface area contributed by atoms with E-state index in [1.165, 1.54) is 7.11 Å². The second-order valence-electron chi connectivity index (χ2n) is 4.11. The number of nitrogens with zero attached hydrogens (tertiary/aromatic N) is 1. The summed E-state index contributed by atoms with van der Waals surface area (Å²) < 4.78 is 11.3. The molecule has 4 nitrogen and oxygen atoms in total. The van der Waals surface area contributed by atoms with E-state index in [4.69, 9.17) is 21.1 Å². The molecule has 0 heterocycles. The van der Waals surface area contributed by atoms with Gasteiger partial charge in [-0.3, -0.25) is 0 Å². The maximum absolute atomic E-state index is 9.20. The van der Waals surface area contributed by atoms with Gasteiger partial charge in [0, 0.05) is 10.5 Å². The van der Waals surface area contributed by atoms with Crippen LogP contribution in [0, 0.1) is 11.3 Å². The molecule has 0 aliphatic rings. The summed E-state index contributed by atoms with van der Waals surface area (Å²) in [5.74, 6) is 1.10. The van der Waals surface area contributed by atoms with Gasteiger partial charge in [-0.15, -0.1) is 0 Å². The third-order valence-electron chi connectivity index (χ3n) is 2.85. The van der Waals surface area contributed by atoms with Gasteiger partial charge in [0.1, 0.15) is 17.6 Å². The summed E-state index contributed by atoms with van der Waals surface area (Å²) in [5, 5.41) is 12.8. The van der Waals surface area contributed by atoms with E-state index in [2.05, 4.69) is 27.3 Å². The highest BCUT2D eigenvalue weighted by Gasteiger charge is 2.12. The number of hydrogen-bond acceptors (Lipinski definition) is 4. The van der Waals surface area contributed by atoms with Crippen molar-refractivity contribution in [2.75, 3.05) is 19.5 Å². The molecule has 0 aliphatic heterocycles. The van der Waals surface area contributed by atoms with Crippen LogP contribution in [-0.4, -0.2) is 14.2 Å². The molecule has 0 aliphatic carbocycles. The molecule has 0 amide bonds. The molecule has 21 heavy (non-hydrogen) atoms. The van der Waals surface area contributed by atoms with Crippen LogP contribution in [0.5, 0.6) is 11.5 Å². The molecule has 0 spiro atoms. The fourth-order valence-electron chi connectivity index (χ4n) is 1.82. The van der Waals surface area contributed by atoms with E-state index in [1.807, 2.05) is 6.07 Å². The Morgan fingerprint density at radius 1 is 1.10 bits per heavy atom. The minimum atomic E-state index is 0.455. The third kappa shape index (κ3) is 3.41. The quantitative estimate of drug-likeness (QED) is 0.848. The zero-order chi connectivity index (χ0) is 15.4. The second kappa shape index (κ2) is 6.70. The number of nitriles is 1. The van der Waals surface area contributed by atoms with Crippen molar-refractivity contribution in [3.8, 4) is 17.6 Å². The highest BCUT2D eigenvalue weighted by atomic mass is 79.9. The Kier molecular flexibility index (Phi) is 4.94. The van der Waals surface area contributed by atoms with Crippen LogP contribution in [-0.2, 0) is 0 Å². The van der Waals surface area contributed by atoms with Gasteiger partial charge in [0.25, 0.3) is 0 Å². The molecule has 0 saturated heterocycles. The summed E-state index contributed by atoms with van der Waals surface area (Å²) in [4.78, 5) is 0. The third-order valence-corrected chi connectivity index (χ3v) is 3.63. The van der Waals surface area contributed by atoms with Crippen LogP contribution in [0.1, 0.15) is 5.56 Å². The average molecular weight is 368 g/mol. The van der Waals surface area contributed by atoms with Crippen molar-refractivity contribution in [1.82, 2.24) is 0 Å². The first-order chi connectivity index (χ1) is 10.1. The Bertz CT molecular complexity index is 714. The van der Waals surface area contributed by atoms with Gasteiger partial charge < -0.3 is 14.8 Å². The number of rotatable bonds is 4. The smallest absolute Gasteiger partial charge is 0.146 e. The van der Waals surface area contributed by atoms with Crippen molar-refractivity contribution < 1.29 is 9.47 Å². The SMILES string of the molecule is COc1cc(OC)c(Nc2ccc(Br)cc2C#N)cc1Cl. The lowest BCUT2D eigenvalue weighted by atomic mass is 10.2. The fourth-order valence-corrected chi connectivity index (χ4v) is 2.42. The predicted octanol–water partition coefficient (Wildman–Crippen LogP) is 4.73. The first kappa shape index (κ1) is 15.5. The molecule has 0 atom stereocenters. The van der Waals surface area contributed by atoms with Gasteiger partial charge in [-0.1, -0.05) is 27.5 Å². The molecule has 0 saturated carbocycles. The largest absolute Gasteiger partial charge is 0.495 e. The molecule has 1 N–H and O–H groups in total. The minimum absolute atomic E-state index is 0.455. The molecule has 2 aromatic carbocycles. The van der Waals surface area contributed by atoms with E-state index in [-0.39, 0.29) is 0 Å². The molecular formula is C15H12BrClN2O2. The predicted molar refractivity (Wildman–Crippen MR) is 86.7 cm³/mol. The van der Waals surface area contributed by atoms with Crippen molar-refractivity contribution in [3.63, 3.8) is 0 Å². The van der Waals surface area contributed by atoms with Crippen molar-refractivity contribution in [2.45, 2.75) is 0 Å². The molecule has 0 fully saturated rings. The Morgan fingerprint density at radius 2 is 1.81 bits per heavy atom. The number of benzene rings is 2. The van der Waals surface area contributed by atoms with Gasteiger partial charge in [0.05, 0.1) is 36.2 Å². The zero-order valence-corrected chi connectivity index (χ0v) is 13.7. The first-order valence-electron chi connectivity index (χ1n) is 5.97. The summed E-state index contributed by atoms with van der Waals surface area (Å²) in [5.41, 5.74) is 1.83. The summed E-state index contributed by atoms with van der Waals surface area (Å²) in [7, 11) is 3.09. The lowest BCUT2D eigenvalue weighted by molar-refractivity contribution is 0.396. The van der Waals surface area contributed by atoms with Crippen LogP contribution in [0.25, 0.3) is 0 Å². The van der Waals surface area contributed by atoms with Gasteiger partial charge in [-0.05, 0) is 24.3 Å². The minimum Gasteiger partial charge on any atom is -0.495 e. The van der Waals surface area contributed by atoms with Crippen molar-refractivity contribution in [1.29, 1.82) is 5.26 Å². The molecule has 0 unspecified atom stereocenters. The molecule has 108 valence electrons. The van der Waals surface area contributed by atoms with E-state index < -0.39 is 0 Å². The Hall–Kier alpha value is -1.90. The topological polar surface area (TPSA) is 54.3 Å². The number of hydrogen-bond donors (Lipinski definition) is 1. The van der Waals surface area contributed by atoms with E-state index >= 15 is 0 Å². The summed E-state index contributed by atoms with van der Waals surface area (Å²) in [6.45, 7) is 0. The van der Waals surface area contributed by atoms with E-state index in [9.17, 15) is 5.26 Å². The number of ether oxygens (including phenoxy) is 2. The van der Waals surface area contributed by atoms with Crippen LogP contribution in [0.3, 0.4) is 0 Å². The number of anilines is 2. The van der Waals surface area contributed by atoms with Crippen LogP contribution in [0.2, 0.25) is 5.02 Å². The van der Waals surface area contributed by atoms with Gasteiger partial charge >= 0.3 is 0 Å². The number of halogens is 2. The maximum atomic E-state index is 9.20. The molecule has 0 radical (unpaired) electrons. The average Bonchev–Trinajstić information content (AvgIpc) is 2.49. The van der Waals surface area contributed by atoms with E-state index in [0.29, 0.717) is 33.5 Å². The molecule has 0 aromatic heterocycles. The Morgan fingerprint density at radius 3 is 2.43 bits per heavy atom. The Balaban J connectivity index is 2.44. The molecule has 2 aromatic rings. The second-order valence-corrected chi connectivity index (χ2v) is 5.44. The van der Waals surface area contributed by atoms with Crippen molar-refractivity contribution in [2.24, 2.45) is 0 Å². The highest BCUT2D eigenvalue weighted by Crippen LogP contribution is 2.38. The van der Waals surface area contributed by atoms with Crippen LogP contribution in [0.4, 0.5) is 11.4 Å². The molecule has 0 bridgehead atoms. The van der Waals surface area contributed by atoms with Gasteiger partial charge in [-0.2, -0.15) is 5.26 Å². The van der Waals surface area contributed by atoms with Crippen molar-refractivity contribution >= 4 is 38.9 Å². The highest BCUT2D eigenvalue weighted by molar-refractivity contribution is 9.10. The fraction of sp³-hybridized carbons (Fsp3) is 0.133. The molecule has 6 heteroatoms. The van der Waals surface area contributed by atoms with Crippen LogP contribution in [0.15, 0.2) is 34.8 Å². The lowest BCUT2D eigenvalue weighted by Crippen LogP contribution is -1.98.